The topological polar surface area (TPSA) is 21.3 Å². The van der Waals surface area contributed by atoms with Gasteiger partial charge in [-0.1, -0.05) is 13.8 Å². The Morgan fingerprint density at radius 3 is 2.91 bits per heavy atom. The molecular formula is C9H19NO. The van der Waals surface area contributed by atoms with E-state index in [0.717, 1.165) is 13.2 Å². The summed E-state index contributed by atoms with van der Waals surface area (Å²) >= 11 is 0. The molecule has 0 aromatic heterocycles. The van der Waals surface area contributed by atoms with E-state index in [0.29, 0.717) is 12.0 Å². The van der Waals surface area contributed by atoms with Crippen molar-refractivity contribution in [1.82, 2.24) is 5.32 Å². The number of hydrogen-bond donors (Lipinski definition) is 1. The number of nitrogens with one attached hydrogen (secondary N) is 1. The van der Waals surface area contributed by atoms with E-state index in [1.165, 1.54) is 19.4 Å². The molecule has 1 rings (SSSR count). The fourth-order valence-corrected chi connectivity index (χ4v) is 1.29. The molecule has 0 aliphatic carbocycles. The van der Waals surface area contributed by atoms with Crippen molar-refractivity contribution in [2.45, 2.75) is 32.8 Å². The summed E-state index contributed by atoms with van der Waals surface area (Å²) in [5.41, 5.74) is 0. The Morgan fingerprint density at radius 1 is 1.55 bits per heavy atom. The normalized spacial score (nSPS) is 25.9. The first-order valence-corrected chi connectivity index (χ1v) is 4.61. The van der Waals surface area contributed by atoms with Gasteiger partial charge in [-0.2, -0.15) is 0 Å². The van der Waals surface area contributed by atoms with Crippen LogP contribution >= 0.6 is 0 Å². The molecule has 0 bridgehead atoms. The smallest absolute Gasteiger partial charge is 0.0700 e. The largest absolute Gasteiger partial charge is 0.377 e. The summed E-state index contributed by atoms with van der Waals surface area (Å²) in [6, 6.07) is 0. The van der Waals surface area contributed by atoms with Crippen molar-refractivity contribution in [3.8, 4) is 0 Å². The van der Waals surface area contributed by atoms with Crippen LogP contribution in [-0.2, 0) is 4.74 Å². The van der Waals surface area contributed by atoms with Crippen LogP contribution in [-0.4, -0.2) is 25.8 Å². The van der Waals surface area contributed by atoms with Crippen LogP contribution in [0.3, 0.4) is 0 Å². The lowest BCUT2D eigenvalue weighted by atomic mass is 10.1. The molecule has 0 aromatic rings. The van der Waals surface area contributed by atoms with Gasteiger partial charge < -0.3 is 10.1 Å². The van der Waals surface area contributed by atoms with Gasteiger partial charge >= 0.3 is 0 Å². The molecule has 0 saturated carbocycles. The summed E-state index contributed by atoms with van der Waals surface area (Å²) in [5.74, 6) is 0.664. The average molecular weight is 157 g/mol. The van der Waals surface area contributed by atoms with Crippen molar-refractivity contribution in [3.05, 3.63) is 0 Å². The standard InChI is InChI=1S/C9H19NO/c1-8(2)7-11-9-4-3-5-10-6-9/h8-10H,3-7H2,1-2H3. The molecule has 1 unspecified atom stereocenters. The molecule has 1 fully saturated rings. The SMILES string of the molecule is CC(C)COC1CCCNC1. The Hall–Kier alpha value is -0.0800. The van der Waals surface area contributed by atoms with Gasteiger partial charge in [0.05, 0.1) is 6.10 Å². The van der Waals surface area contributed by atoms with Crippen molar-refractivity contribution in [2.24, 2.45) is 5.92 Å². The predicted molar refractivity (Wildman–Crippen MR) is 46.7 cm³/mol. The molecule has 11 heavy (non-hydrogen) atoms. The molecule has 1 heterocycles. The quantitative estimate of drug-likeness (QED) is 0.669. The second-order valence-electron chi connectivity index (χ2n) is 3.70. The molecule has 0 radical (unpaired) electrons. The van der Waals surface area contributed by atoms with Gasteiger partial charge in [0.25, 0.3) is 0 Å². The van der Waals surface area contributed by atoms with Gasteiger partial charge in [0.1, 0.15) is 0 Å². The first-order chi connectivity index (χ1) is 5.29. The predicted octanol–water partition coefficient (Wildman–Crippen LogP) is 1.41. The number of ether oxygens (including phenoxy) is 1. The van der Waals surface area contributed by atoms with Crippen molar-refractivity contribution in [2.75, 3.05) is 19.7 Å². The molecule has 0 amide bonds. The maximum Gasteiger partial charge on any atom is 0.0700 e. The van der Waals surface area contributed by atoms with Gasteiger partial charge in [-0.05, 0) is 25.3 Å². The number of hydrogen-bond acceptors (Lipinski definition) is 2. The Labute approximate surface area is 69.3 Å². The second-order valence-corrected chi connectivity index (χ2v) is 3.70. The average Bonchev–Trinajstić information content (AvgIpc) is 2.03. The number of rotatable bonds is 3. The Balaban J connectivity index is 2.05. The zero-order valence-corrected chi connectivity index (χ0v) is 7.60. The van der Waals surface area contributed by atoms with Gasteiger partial charge in [0.15, 0.2) is 0 Å². The van der Waals surface area contributed by atoms with Crippen LogP contribution < -0.4 is 5.32 Å². The minimum absolute atomic E-state index is 0.478. The molecule has 2 heteroatoms. The lowest BCUT2D eigenvalue weighted by Gasteiger charge is -2.23. The molecule has 1 saturated heterocycles. The minimum atomic E-state index is 0.478. The van der Waals surface area contributed by atoms with Crippen LogP contribution in [0.2, 0.25) is 0 Å². The van der Waals surface area contributed by atoms with E-state index in [1.807, 2.05) is 0 Å². The molecule has 1 aliphatic rings. The molecular weight excluding hydrogens is 138 g/mol. The lowest BCUT2D eigenvalue weighted by Crippen LogP contribution is -2.35. The molecule has 1 N–H and O–H groups in total. The summed E-state index contributed by atoms with van der Waals surface area (Å²) in [7, 11) is 0. The summed E-state index contributed by atoms with van der Waals surface area (Å²) in [5, 5.41) is 3.33. The van der Waals surface area contributed by atoms with Crippen LogP contribution in [0.25, 0.3) is 0 Å². The summed E-state index contributed by atoms with van der Waals surface area (Å²) < 4.78 is 5.68. The van der Waals surface area contributed by atoms with E-state index < -0.39 is 0 Å². The van der Waals surface area contributed by atoms with E-state index in [1.54, 1.807) is 0 Å². The Bertz CT molecular complexity index is 97.7. The highest BCUT2D eigenvalue weighted by atomic mass is 16.5. The highest BCUT2D eigenvalue weighted by molar-refractivity contribution is 4.68. The van der Waals surface area contributed by atoms with Gasteiger partial charge in [0.2, 0.25) is 0 Å². The maximum absolute atomic E-state index is 5.68. The zero-order chi connectivity index (χ0) is 8.10. The third-order valence-electron chi connectivity index (χ3n) is 1.92. The van der Waals surface area contributed by atoms with E-state index in [-0.39, 0.29) is 0 Å². The Kier molecular flexibility index (Phi) is 3.87. The van der Waals surface area contributed by atoms with Crippen molar-refractivity contribution >= 4 is 0 Å². The Morgan fingerprint density at radius 2 is 2.36 bits per heavy atom. The molecule has 66 valence electrons. The molecule has 0 spiro atoms. The van der Waals surface area contributed by atoms with Crippen LogP contribution in [0.15, 0.2) is 0 Å². The van der Waals surface area contributed by atoms with Gasteiger partial charge in [-0.25, -0.2) is 0 Å². The van der Waals surface area contributed by atoms with Gasteiger partial charge in [-0.15, -0.1) is 0 Å². The third kappa shape index (κ3) is 3.73. The van der Waals surface area contributed by atoms with Gasteiger partial charge in [-0.3, -0.25) is 0 Å². The monoisotopic (exact) mass is 157 g/mol. The highest BCUT2D eigenvalue weighted by Gasteiger charge is 2.12. The molecule has 1 atom stereocenters. The minimum Gasteiger partial charge on any atom is -0.377 e. The maximum atomic E-state index is 5.68. The van der Waals surface area contributed by atoms with Crippen LogP contribution in [0.4, 0.5) is 0 Å². The fraction of sp³-hybridized carbons (Fsp3) is 1.00. The summed E-state index contributed by atoms with van der Waals surface area (Å²) in [6.07, 6.45) is 2.98. The third-order valence-corrected chi connectivity index (χ3v) is 1.92. The van der Waals surface area contributed by atoms with E-state index in [4.69, 9.17) is 4.74 Å². The molecule has 1 aliphatic heterocycles. The summed E-state index contributed by atoms with van der Waals surface area (Å²) in [4.78, 5) is 0. The molecule has 0 aromatic carbocycles. The van der Waals surface area contributed by atoms with E-state index in [9.17, 15) is 0 Å². The van der Waals surface area contributed by atoms with E-state index >= 15 is 0 Å². The van der Waals surface area contributed by atoms with Crippen molar-refractivity contribution in [1.29, 1.82) is 0 Å². The first kappa shape index (κ1) is 9.01. The van der Waals surface area contributed by atoms with E-state index in [2.05, 4.69) is 19.2 Å². The van der Waals surface area contributed by atoms with Crippen molar-refractivity contribution < 1.29 is 4.74 Å². The van der Waals surface area contributed by atoms with Gasteiger partial charge in [0, 0.05) is 13.2 Å². The zero-order valence-electron chi connectivity index (χ0n) is 7.60. The van der Waals surface area contributed by atoms with Crippen molar-refractivity contribution in [3.63, 3.8) is 0 Å². The highest BCUT2D eigenvalue weighted by Crippen LogP contribution is 2.07. The molecule has 2 nitrogen and oxygen atoms in total. The fourth-order valence-electron chi connectivity index (χ4n) is 1.29. The van der Waals surface area contributed by atoms with Crippen LogP contribution in [0, 0.1) is 5.92 Å². The van der Waals surface area contributed by atoms with Crippen LogP contribution in [0.1, 0.15) is 26.7 Å². The van der Waals surface area contributed by atoms with Crippen LogP contribution in [0.5, 0.6) is 0 Å². The summed E-state index contributed by atoms with van der Waals surface area (Å²) in [6.45, 7) is 7.51. The lowest BCUT2D eigenvalue weighted by molar-refractivity contribution is 0.0217. The second kappa shape index (κ2) is 4.73. The number of piperidine rings is 1. The first-order valence-electron chi connectivity index (χ1n) is 4.61.